The molecule has 0 aliphatic rings. The summed E-state index contributed by atoms with van der Waals surface area (Å²) in [7, 11) is 0. The third kappa shape index (κ3) is 3.04. The maximum atomic E-state index is 13.4. The van der Waals surface area contributed by atoms with E-state index in [-0.39, 0.29) is 5.56 Å². The number of aliphatic carboxylic acids is 1. The van der Waals surface area contributed by atoms with Crippen LogP contribution >= 0.6 is 0 Å². The molecule has 0 unspecified atom stereocenters. The summed E-state index contributed by atoms with van der Waals surface area (Å²) in [6.45, 7) is 0.564. The fourth-order valence-electron chi connectivity index (χ4n) is 1.57. The Kier molecular flexibility index (Phi) is 3.52. The molecule has 0 fully saturated rings. The van der Waals surface area contributed by atoms with Crippen molar-refractivity contribution in [3.63, 3.8) is 0 Å². The number of hydrogen-bond donors (Lipinski definition) is 1. The Hall–Kier alpha value is -2.43. The van der Waals surface area contributed by atoms with E-state index >= 15 is 0 Å². The lowest BCUT2D eigenvalue weighted by Crippen LogP contribution is -1.97. The van der Waals surface area contributed by atoms with Crippen molar-refractivity contribution in [2.24, 2.45) is 0 Å². The van der Waals surface area contributed by atoms with Gasteiger partial charge in [0.15, 0.2) is 0 Å². The molecule has 4 nitrogen and oxygen atoms in total. The van der Waals surface area contributed by atoms with Gasteiger partial charge in [-0.2, -0.15) is 0 Å². The van der Waals surface area contributed by atoms with Crippen molar-refractivity contribution < 1.29 is 14.3 Å². The first kappa shape index (κ1) is 12.0. The number of aromatic nitrogens is 2. The van der Waals surface area contributed by atoms with Crippen LogP contribution in [0.3, 0.4) is 0 Å². The van der Waals surface area contributed by atoms with Crippen LogP contribution in [0.4, 0.5) is 4.39 Å². The van der Waals surface area contributed by atoms with Crippen LogP contribution < -0.4 is 0 Å². The summed E-state index contributed by atoms with van der Waals surface area (Å²) in [6, 6.07) is 4.61. The number of carboxylic acids is 1. The second-order valence-electron chi connectivity index (χ2n) is 3.76. The number of carbonyl (C=O) groups is 1. The van der Waals surface area contributed by atoms with Gasteiger partial charge < -0.3 is 9.67 Å². The fraction of sp³-hybridized carbons (Fsp3) is 0.0769. The molecule has 0 aliphatic carbocycles. The lowest BCUT2D eigenvalue weighted by Gasteiger charge is -2.04. The monoisotopic (exact) mass is 246 g/mol. The minimum absolute atomic E-state index is 0.259. The van der Waals surface area contributed by atoms with Crippen molar-refractivity contribution in [1.82, 2.24) is 9.55 Å². The van der Waals surface area contributed by atoms with Crippen LogP contribution in [0.1, 0.15) is 11.1 Å². The molecule has 1 heterocycles. The van der Waals surface area contributed by atoms with E-state index in [9.17, 15) is 9.18 Å². The number of benzene rings is 1. The molecule has 0 spiro atoms. The van der Waals surface area contributed by atoms with Gasteiger partial charge in [-0.25, -0.2) is 14.2 Å². The highest BCUT2D eigenvalue weighted by atomic mass is 19.1. The van der Waals surface area contributed by atoms with Crippen LogP contribution in [-0.2, 0) is 11.3 Å². The summed E-state index contributed by atoms with van der Waals surface area (Å²) in [5.74, 6) is -1.55. The third-order valence-electron chi connectivity index (χ3n) is 2.39. The zero-order valence-corrected chi connectivity index (χ0v) is 9.45. The standard InChI is InChI=1S/C13H11FN2O2/c14-12-3-1-10(8-16-6-5-15-9-16)7-11(12)2-4-13(17)18/h1-7,9H,8H2,(H,17,18)/b4-2+. The lowest BCUT2D eigenvalue weighted by atomic mass is 10.1. The highest BCUT2D eigenvalue weighted by Crippen LogP contribution is 2.13. The maximum absolute atomic E-state index is 13.4. The predicted octanol–water partition coefficient (Wildman–Crippen LogP) is 2.17. The van der Waals surface area contributed by atoms with E-state index in [0.717, 1.165) is 11.6 Å². The van der Waals surface area contributed by atoms with Crippen LogP contribution in [0, 0.1) is 5.82 Å². The number of nitrogens with zero attached hydrogens (tertiary/aromatic N) is 2. The van der Waals surface area contributed by atoms with Gasteiger partial charge >= 0.3 is 5.97 Å². The highest BCUT2D eigenvalue weighted by Gasteiger charge is 2.02. The second kappa shape index (κ2) is 5.27. The average molecular weight is 246 g/mol. The summed E-state index contributed by atoms with van der Waals surface area (Å²) in [6.07, 6.45) is 7.29. The zero-order chi connectivity index (χ0) is 13.0. The van der Waals surface area contributed by atoms with Gasteiger partial charge in [-0.15, -0.1) is 0 Å². The molecule has 1 aromatic heterocycles. The van der Waals surface area contributed by atoms with Crippen LogP contribution in [0.15, 0.2) is 43.0 Å². The van der Waals surface area contributed by atoms with Crippen molar-refractivity contribution >= 4 is 12.0 Å². The summed E-state index contributed by atoms with van der Waals surface area (Å²) in [4.78, 5) is 14.3. The topological polar surface area (TPSA) is 55.1 Å². The Bertz CT molecular complexity index is 577. The van der Waals surface area contributed by atoms with Crippen molar-refractivity contribution in [3.8, 4) is 0 Å². The Balaban J connectivity index is 2.23. The molecule has 5 heteroatoms. The molecule has 2 aromatic rings. The lowest BCUT2D eigenvalue weighted by molar-refractivity contribution is -0.131. The number of imidazole rings is 1. The van der Waals surface area contributed by atoms with Crippen molar-refractivity contribution in [2.45, 2.75) is 6.54 Å². The number of halogens is 1. The molecule has 0 bridgehead atoms. The quantitative estimate of drug-likeness (QED) is 0.841. The smallest absolute Gasteiger partial charge is 0.328 e. The number of carboxylic acid groups (broad SMARTS) is 1. The average Bonchev–Trinajstić information content (AvgIpc) is 2.82. The molecule has 1 N–H and O–H groups in total. The molecule has 18 heavy (non-hydrogen) atoms. The van der Waals surface area contributed by atoms with Gasteiger partial charge in [0.2, 0.25) is 0 Å². The molecule has 1 aromatic carbocycles. The van der Waals surface area contributed by atoms with E-state index in [1.807, 2.05) is 4.57 Å². The van der Waals surface area contributed by atoms with Gasteiger partial charge in [0, 0.05) is 30.6 Å². The molecular formula is C13H11FN2O2. The molecule has 0 radical (unpaired) electrons. The van der Waals surface area contributed by atoms with E-state index < -0.39 is 11.8 Å². The first-order chi connectivity index (χ1) is 8.65. The van der Waals surface area contributed by atoms with Crippen molar-refractivity contribution in [2.75, 3.05) is 0 Å². The van der Waals surface area contributed by atoms with Gasteiger partial charge in [0.1, 0.15) is 5.82 Å². The number of rotatable bonds is 4. The van der Waals surface area contributed by atoms with Crippen molar-refractivity contribution in [1.29, 1.82) is 0 Å². The largest absolute Gasteiger partial charge is 0.478 e. The molecule has 92 valence electrons. The summed E-state index contributed by atoms with van der Waals surface area (Å²) in [5, 5.41) is 8.52. The summed E-state index contributed by atoms with van der Waals surface area (Å²) >= 11 is 0. The van der Waals surface area contributed by atoms with E-state index in [0.29, 0.717) is 6.54 Å². The van der Waals surface area contributed by atoms with E-state index in [1.54, 1.807) is 30.9 Å². The van der Waals surface area contributed by atoms with Crippen LogP contribution in [0.5, 0.6) is 0 Å². The Morgan fingerprint density at radius 2 is 2.33 bits per heavy atom. The zero-order valence-electron chi connectivity index (χ0n) is 9.45. The predicted molar refractivity (Wildman–Crippen MR) is 64.4 cm³/mol. The summed E-state index contributed by atoms with van der Waals surface area (Å²) < 4.78 is 15.3. The molecule has 0 aliphatic heterocycles. The molecule has 2 rings (SSSR count). The van der Waals surface area contributed by atoms with Crippen LogP contribution in [-0.4, -0.2) is 20.6 Å². The normalized spacial score (nSPS) is 10.9. The Morgan fingerprint density at radius 3 is 3.00 bits per heavy atom. The number of hydrogen-bond acceptors (Lipinski definition) is 2. The fourth-order valence-corrected chi connectivity index (χ4v) is 1.57. The molecular weight excluding hydrogens is 235 g/mol. The Morgan fingerprint density at radius 1 is 1.50 bits per heavy atom. The third-order valence-corrected chi connectivity index (χ3v) is 2.39. The minimum atomic E-state index is -1.10. The van der Waals surface area contributed by atoms with Crippen LogP contribution in [0.25, 0.3) is 6.08 Å². The first-order valence-electron chi connectivity index (χ1n) is 5.30. The highest BCUT2D eigenvalue weighted by molar-refractivity contribution is 5.85. The minimum Gasteiger partial charge on any atom is -0.478 e. The molecule has 0 saturated carbocycles. The summed E-state index contributed by atoms with van der Waals surface area (Å²) in [5.41, 5.74) is 1.13. The molecule has 0 saturated heterocycles. The van der Waals surface area contributed by atoms with Gasteiger partial charge in [-0.05, 0) is 23.8 Å². The van der Waals surface area contributed by atoms with Gasteiger partial charge in [0.25, 0.3) is 0 Å². The van der Waals surface area contributed by atoms with Crippen molar-refractivity contribution in [3.05, 3.63) is 59.9 Å². The molecule has 0 amide bonds. The van der Waals surface area contributed by atoms with Crippen LogP contribution in [0.2, 0.25) is 0 Å². The van der Waals surface area contributed by atoms with E-state index in [2.05, 4.69) is 4.98 Å². The van der Waals surface area contributed by atoms with E-state index in [4.69, 9.17) is 5.11 Å². The van der Waals surface area contributed by atoms with Gasteiger partial charge in [0.05, 0.1) is 6.33 Å². The second-order valence-corrected chi connectivity index (χ2v) is 3.76. The maximum Gasteiger partial charge on any atom is 0.328 e. The van der Waals surface area contributed by atoms with Gasteiger partial charge in [-0.3, -0.25) is 0 Å². The Labute approximate surface area is 103 Å². The SMILES string of the molecule is O=C(O)/C=C/c1cc(Cn2ccnc2)ccc1F. The van der Waals surface area contributed by atoms with Gasteiger partial charge in [-0.1, -0.05) is 6.07 Å². The molecule has 0 atom stereocenters. The van der Waals surface area contributed by atoms with E-state index in [1.165, 1.54) is 12.1 Å². The first-order valence-corrected chi connectivity index (χ1v) is 5.30.